The Bertz CT molecular complexity index is 956. The minimum atomic E-state index is -0.443. The fourth-order valence-electron chi connectivity index (χ4n) is 2.65. The number of nitrogens with one attached hydrogen (secondary N) is 1. The number of benzene rings is 2. The Labute approximate surface area is 161 Å². The molecule has 0 spiro atoms. The summed E-state index contributed by atoms with van der Waals surface area (Å²) in [4.78, 5) is 17.4. The third kappa shape index (κ3) is 3.57. The van der Waals surface area contributed by atoms with Gasteiger partial charge in [0.05, 0.1) is 12.7 Å². The lowest BCUT2D eigenvalue weighted by molar-refractivity contribution is 0.0787. The molecule has 0 radical (unpaired) electrons. The number of aromatic nitrogens is 1. The van der Waals surface area contributed by atoms with Crippen molar-refractivity contribution in [1.29, 1.82) is 0 Å². The van der Waals surface area contributed by atoms with E-state index in [1.165, 1.54) is 13.2 Å². The first-order chi connectivity index (χ1) is 11.9. The van der Waals surface area contributed by atoms with Gasteiger partial charge in [0, 0.05) is 39.6 Å². The Morgan fingerprint density at radius 3 is 2.64 bits per heavy atom. The number of nitrogens with zero attached hydrogens (tertiary/aromatic N) is 1. The van der Waals surface area contributed by atoms with Crippen molar-refractivity contribution in [1.82, 2.24) is 9.88 Å². The molecule has 130 valence electrons. The number of methoxy groups -OCH3 is 1. The number of carbonyl (C=O) groups is 1. The SMILES string of the molecule is COc1ccc(CN(C)C(=O)c2c[nH]c3cc(Br)c(Br)cc23)cc1F. The highest BCUT2D eigenvalue weighted by molar-refractivity contribution is 9.13. The largest absolute Gasteiger partial charge is 0.494 e. The fraction of sp³-hybridized carbons (Fsp3) is 0.167. The molecule has 4 nitrogen and oxygen atoms in total. The molecule has 0 unspecified atom stereocenters. The highest BCUT2D eigenvalue weighted by Crippen LogP contribution is 2.30. The maximum absolute atomic E-state index is 13.8. The number of carbonyl (C=O) groups excluding carboxylic acids is 1. The number of fused-ring (bicyclic) bond motifs is 1. The van der Waals surface area contributed by atoms with Crippen LogP contribution in [0.1, 0.15) is 15.9 Å². The van der Waals surface area contributed by atoms with Gasteiger partial charge in [0.15, 0.2) is 11.6 Å². The maximum atomic E-state index is 13.8. The van der Waals surface area contributed by atoms with Crippen LogP contribution in [-0.2, 0) is 6.54 Å². The highest BCUT2D eigenvalue weighted by atomic mass is 79.9. The van der Waals surface area contributed by atoms with E-state index >= 15 is 0 Å². The van der Waals surface area contributed by atoms with E-state index in [1.54, 1.807) is 30.3 Å². The zero-order valence-electron chi connectivity index (χ0n) is 13.6. The van der Waals surface area contributed by atoms with Gasteiger partial charge in [0.1, 0.15) is 0 Å². The molecule has 3 aromatic rings. The zero-order valence-corrected chi connectivity index (χ0v) is 16.7. The van der Waals surface area contributed by atoms with Gasteiger partial charge < -0.3 is 14.6 Å². The van der Waals surface area contributed by atoms with Crippen molar-refractivity contribution in [3.63, 3.8) is 0 Å². The molecular formula is C18H15Br2FN2O2. The van der Waals surface area contributed by atoms with Crippen LogP contribution in [0.3, 0.4) is 0 Å². The van der Waals surface area contributed by atoms with Crippen molar-refractivity contribution in [2.24, 2.45) is 0 Å². The third-order valence-corrected chi connectivity index (χ3v) is 5.78. The number of rotatable bonds is 4. The van der Waals surface area contributed by atoms with Gasteiger partial charge in [-0.25, -0.2) is 4.39 Å². The molecule has 0 atom stereocenters. The van der Waals surface area contributed by atoms with E-state index in [4.69, 9.17) is 4.74 Å². The lowest BCUT2D eigenvalue weighted by Crippen LogP contribution is -2.26. The molecule has 1 amide bonds. The molecule has 0 saturated carbocycles. The van der Waals surface area contributed by atoms with Gasteiger partial charge in [-0.05, 0) is 61.7 Å². The fourth-order valence-corrected chi connectivity index (χ4v) is 3.34. The minimum Gasteiger partial charge on any atom is -0.494 e. The molecule has 25 heavy (non-hydrogen) atoms. The molecule has 0 aliphatic heterocycles. The molecule has 2 aromatic carbocycles. The summed E-state index contributed by atoms with van der Waals surface area (Å²) >= 11 is 6.90. The topological polar surface area (TPSA) is 45.3 Å². The van der Waals surface area contributed by atoms with Crippen molar-refractivity contribution in [3.8, 4) is 5.75 Å². The predicted molar refractivity (Wildman–Crippen MR) is 102 cm³/mol. The highest BCUT2D eigenvalue weighted by Gasteiger charge is 2.18. The summed E-state index contributed by atoms with van der Waals surface area (Å²) in [5.74, 6) is -0.400. The van der Waals surface area contributed by atoms with Crippen molar-refractivity contribution in [2.45, 2.75) is 6.54 Å². The molecule has 0 saturated heterocycles. The van der Waals surface area contributed by atoms with Crippen molar-refractivity contribution in [3.05, 3.63) is 62.4 Å². The smallest absolute Gasteiger partial charge is 0.256 e. The van der Waals surface area contributed by atoms with Gasteiger partial charge in [-0.3, -0.25) is 4.79 Å². The summed E-state index contributed by atoms with van der Waals surface area (Å²) in [7, 11) is 3.11. The summed E-state index contributed by atoms with van der Waals surface area (Å²) in [5, 5.41) is 0.827. The average Bonchev–Trinajstić information content (AvgIpc) is 2.97. The number of aromatic amines is 1. The monoisotopic (exact) mass is 468 g/mol. The van der Waals surface area contributed by atoms with Gasteiger partial charge in [0.2, 0.25) is 0 Å². The molecule has 1 aromatic heterocycles. The van der Waals surface area contributed by atoms with E-state index < -0.39 is 5.82 Å². The van der Waals surface area contributed by atoms with Gasteiger partial charge in [-0.2, -0.15) is 0 Å². The normalized spacial score (nSPS) is 10.9. The Balaban J connectivity index is 1.85. The summed E-state index contributed by atoms with van der Waals surface area (Å²) in [6, 6.07) is 8.49. The first kappa shape index (κ1) is 17.9. The van der Waals surface area contributed by atoms with E-state index in [1.807, 2.05) is 12.1 Å². The molecule has 3 rings (SSSR count). The van der Waals surface area contributed by atoms with E-state index in [0.717, 1.165) is 19.8 Å². The second-order valence-electron chi connectivity index (χ2n) is 5.64. The van der Waals surface area contributed by atoms with Gasteiger partial charge in [-0.15, -0.1) is 0 Å². The first-order valence-corrected chi connectivity index (χ1v) is 9.03. The van der Waals surface area contributed by atoms with Crippen LogP contribution in [-0.4, -0.2) is 29.9 Å². The van der Waals surface area contributed by atoms with Crippen molar-refractivity contribution >= 4 is 48.7 Å². The van der Waals surface area contributed by atoms with E-state index in [2.05, 4.69) is 36.8 Å². The Morgan fingerprint density at radius 1 is 1.24 bits per heavy atom. The molecule has 7 heteroatoms. The molecule has 0 aliphatic carbocycles. The molecule has 0 aliphatic rings. The molecular weight excluding hydrogens is 455 g/mol. The lowest BCUT2D eigenvalue weighted by Gasteiger charge is -2.17. The quantitative estimate of drug-likeness (QED) is 0.576. The number of halogens is 3. The minimum absolute atomic E-state index is 0.142. The number of amides is 1. The van der Waals surface area contributed by atoms with E-state index in [0.29, 0.717) is 17.7 Å². The lowest BCUT2D eigenvalue weighted by atomic mass is 10.1. The zero-order chi connectivity index (χ0) is 18.1. The van der Waals surface area contributed by atoms with Gasteiger partial charge >= 0.3 is 0 Å². The van der Waals surface area contributed by atoms with Crippen LogP contribution in [0.2, 0.25) is 0 Å². The van der Waals surface area contributed by atoms with Gasteiger partial charge in [-0.1, -0.05) is 6.07 Å². The predicted octanol–water partition coefficient (Wildman–Crippen LogP) is 5.11. The number of hydrogen-bond donors (Lipinski definition) is 1. The van der Waals surface area contributed by atoms with Crippen molar-refractivity contribution < 1.29 is 13.9 Å². The van der Waals surface area contributed by atoms with Crippen LogP contribution in [0.5, 0.6) is 5.75 Å². The molecule has 1 N–H and O–H groups in total. The van der Waals surface area contributed by atoms with Crippen LogP contribution in [0.4, 0.5) is 4.39 Å². The summed E-state index contributed by atoms with van der Waals surface area (Å²) in [6.07, 6.45) is 1.69. The number of ether oxygens (including phenoxy) is 1. The van der Waals surface area contributed by atoms with Crippen LogP contribution in [0, 0.1) is 5.82 Å². The standard InChI is InChI=1S/C18H15Br2FN2O2/c1-23(9-10-3-4-17(25-2)15(21)5-10)18(24)12-8-22-16-7-14(20)13(19)6-11(12)16/h3-8,22H,9H2,1-2H3. The number of H-pyrrole nitrogens is 1. The van der Waals surface area contributed by atoms with Crippen LogP contribution in [0.25, 0.3) is 10.9 Å². The van der Waals surface area contributed by atoms with Crippen LogP contribution < -0.4 is 4.74 Å². The van der Waals surface area contributed by atoms with Crippen LogP contribution in [0.15, 0.2) is 45.5 Å². The Kier molecular flexibility index (Phi) is 5.15. The summed E-state index contributed by atoms with van der Waals surface area (Å²) in [5.41, 5.74) is 2.12. The van der Waals surface area contributed by atoms with E-state index in [9.17, 15) is 9.18 Å². The average molecular weight is 470 g/mol. The first-order valence-electron chi connectivity index (χ1n) is 7.44. The third-order valence-electron chi connectivity index (χ3n) is 3.94. The second kappa shape index (κ2) is 7.17. The molecule has 1 heterocycles. The summed E-state index contributed by atoms with van der Waals surface area (Å²) < 4.78 is 20.5. The summed E-state index contributed by atoms with van der Waals surface area (Å²) in [6.45, 7) is 0.296. The van der Waals surface area contributed by atoms with E-state index in [-0.39, 0.29) is 11.7 Å². The Hall–Kier alpha value is -1.86. The number of hydrogen-bond acceptors (Lipinski definition) is 2. The Morgan fingerprint density at radius 2 is 1.96 bits per heavy atom. The molecule has 0 bridgehead atoms. The van der Waals surface area contributed by atoms with Crippen molar-refractivity contribution in [2.75, 3.05) is 14.2 Å². The second-order valence-corrected chi connectivity index (χ2v) is 7.35. The molecule has 0 fully saturated rings. The van der Waals surface area contributed by atoms with Crippen LogP contribution >= 0.6 is 31.9 Å². The maximum Gasteiger partial charge on any atom is 0.256 e. The van der Waals surface area contributed by atoms with Gasteiger partial charge in [0.25, 0.3) is 5.91 Å².